The molecule has 2 aromatic carbocycles. The Bertz CT molecular complexity index is 1690. The first-order valence-corrected chi connectivity index (χ1v) is 15.9. The number of alkyl halides is 17. The van der Waals surface area contributed by atoms with Crippen LogP contribution in [-0.2, 0) is 18.5 Å². The van der Waals surface area contributed by atoms with E-state index in [2.05, 4.69) is 8.37 Å². The average Bonchev–Trinajstić information content (AvgIpc) is 3.44. The highest BCUT2D eigenvalue weighted by Gasteiger charge is 2.96. The highest BCUT2D eigenvalue weighted by Crippen LogP contribution is 2.68. The van der Waals surface area contributed by atoms with Gasteiger partial charge in [0.2, 0.25) is 0 Å². The number of hydrogen-bond acceptors (Lipinski definition) is 6. The van der Waals surface area contributed by atoms with Crippen molar-refractivity contribution in [2.75, 3.05) is 18.6 Å². The molecule has 1 aliphatic rings. The molecular weight excluding hydrogens is 771 g/mol. The van der Waals surface area contributed by atoms with E-state index in [9.17, 15) is 87.8 Å². The molecule has 25 heteroatoms. The van der Waals surface area contributed by atoms with Crippen molar-refractivity contribution in [3.05, 3.63) is 36.4 Å². The zero-order valence-corrected chi connectivity index (χ0v) is 25.1. The summed E-state index contributed by atoms with van der Waals surface area (Å²) in [5.74, 6) is -54.0. The molecule has 0 atom stereocenters. The summed E-state index contributed by atoms with van der Waals surface area (Å²) in [6.45, 7) is 0. The van der Waals surface area contributed by atoms with Crippen molar-refractivity contribution >= 4 is 37.4 Å². The Balaban J connectivity index is 2.16. The maximum Gasteiger partial charge on any atom is 0.513 e. The lowest BCUT2D eigenvalue weighted by atomic mass is 9.91. The minimum Gasteiger partial charge on any atom is -0.437 e. The SMILES string of the molecule is COC(=O)Oc1ccc(S2(OS(=O)(=O)C(F)(F)C(F)(F)C(F)(F)C(F)(F)C(F)(F)C(F)(F)C(F)(F)C(F)(F)F)CCCC2)c2ccccc12. The van der Waals surface area contributed by atoms with Gasteiger partial charge >= 0.3 is 63.2 Å². The third-order valence-corrected chi connectivity index (χ3v) is 12.7. The highest BCUT2D eigenvalue weighted by atomic mass is 32.3. The Morgan fingerprint density at radius 3 is 1.51 bits per heavy atom. The van der Waals surface area contributed by atoms with E-state index in [1.807, 2.05) is 0 Å². The van der Waals surface area contributed by atoms with Crippen molar-refractivity contribution in [1.82, 2.24) is 0 Å². The van der Waals surface area contributed by atoms with Crippen molar-refractivity contribution in [1.29, 1.82) is 0 Å². The van der Waals surface area contributed by atoms with Gasteiger partial charge in [-0.25, -0.2) is 8.42 Å². The third-order valence-electron chi connectivity index (χ3n) is 7.03. The first kappa shape index (κ1) is 40.5. The fraction of sp³-hybridized carbons (Fsp3) is 0.542. The highest BCUT2D eigenvalue weighted by molar-refractivity contribution is 8.33. The molecule has 1 fully saturated rings. The maximum absolute atomic E-state index is 14.9. The van der Waals surface area contributed by atoms with Gasteiger partial charge in [0.1, 0.15) is 5.75 Å². The molecule has 2 aromatic rings. The van der Waals surface area contributed by atoms with E-state index < -0.39 is 89.9 Å². The zero-order valence-electron chi connectivity index (χ0n) is 23.5. The van der Waals surface area contributed by atoms with Gasteiger partial charge in [-0.2, -0.15) is 83.1 Å². The Morgan fingerprint density at radius 1 is 0.633 bits per heavy atom. The zero-order chi connectivity index (χ0) is 38.1. The van der Waals surface area contributed by atoms with Crippen molar-refractivity contribution in [2.24, 2.45) is 0 Å². The molecule has 0 unspecified atom stereocenters. The van der Waals surface area contributed by atoms with Crippen LogP contribution in [0.25, 0.3) is 10.8 Å². The van der Waals surface area contributed by atoms with Crippen LogP contribution in [0, 0.1) is 0 Å². The van der Waals surface area contributed by atoms with Crippen molar-refractivity contribution in [3.63, 3.8) is 0 Å². The third kappa shape index (κ3) is 5.79. The van der Waals surface area contributed by atoms with E-state index in [0.29, 0.717) is 0 Å². The minimum absolute atomic E-state index is 0.132. The van der Waals surface area contributed by atoms with E-state index in [0.717, 1.165) is 25.3 Å². The van der Waals surface area contributed by atoms with E-state index >= 15 is 0 Å². The minimum atomic E-state index is -8.95. The van der Waals surface area contributed by atoms with Crippen LogP contribution in [0.1, 0.15) is 12.8 Å². The number of carbonyl (C=O) groups is 1. The average molecular weight is 788 g/mol. The molecule has 0 amide bonds. The first-order valence-electron chi connectivity index (χ1n) is 12.6. The molecule has 1 aliphatic heterocycles. The largest absolute Gasteiger partial charge is 0.513 e. The smallest absolute Gasteiger partial charge is 0.437 e. The van der Waals surface area contributed by atoms with Crippen molar-refractivity contribution in [2.45, 2.75) is 64.7 Å². The monoisotopic (exact) mass is 788 g/mol. The molecule has 280 valence electrons. The second-order valence-electron chi connectivity index (χ2n) is 10.1. The summed E-state index contributed by atoms with van der Waals surface area (Å²) < 4.78 is 273. The number of rotatable bonds is 11. The second kappa shape index (κ2) is 12.1. The van der Waals surface area contributed by atoms with Crippen LogP contribution in [-0.4, -0.2) is 80.2 Å². The van der Waals surface area contributed by atoms with E-state index in [-0.39, 0.29) is 29.4 Å². The first-order chi connectivity index (χ1) is 21.8. The van der Waals surface area contributed by atoms with Gasteiger partial charge in [0.15, 0.2) is 0 Å². The normalized spacial score (nSPS) is 18.0. The van der Waals surface area contributed by atoms with Crippen LogP contribution in [0.2, 0.25) is 0 Å². The Kier molecular flexibility index (Phi) is 9.98. The van der Waals surface area contributed by atoms with Crippen molar-refractivity contribution < 1.29 is 101 Å². The number of carbonyl (C=O) groups excluding carboxylic acids is 1. The van der Waals surface area contributed by atoms with Gasteiger partial charge in [0, 0.05) is 21.8 Å². The summed E-state index contributed by atoms with van der Waals surface area (Å²) in [6, 6.07) is 6.52. The number of hydrogen-bond donors (Lipinski definition) is 0. The molecular formula is C24H17F17O6S2. The molecule has 0 N–H and O–H groups in total. The van der Waals surface area contributed by atoms with Crippen LogP contribution in [0.15, 0.2) is 41.3 Å². The molecule has 49 heavy (non-hydrogen) atoms. The van der Waals surface area contributed by atoms with Crippen LogP contribution < -0.4 is 4.74 Å². The van der Waals surface area contributed by atoms with Gasteiger partial charge in [-0.3, -0.25) is 0 Å². The molecule has 6 nitrogen and oxygen atoms in total. The molecule has 0 aliphatic carbocycles. The molecule has 3 rings (SSSR count). The molecule has 1 heterocycles. The van der Waals surface area contributed by atoms with Gasteiger partial charge in [-0.1, -0.05) is 34.6 Å². The summed E-state index contributed by atoms with van der Waals surface area (Å²) in [5.41, 5.74) is 0. The Labute approximate surface area is 264 Å². The van der Waals surface area contributed by atoms with Gasteiger partial charge in [0.05, 0.1) is 7.11 Å². The Morgan fingerprint density at radius 2 is 1.06 bits per heavy atom. The van der Waals surface area contributed by atoms with Crippen LogP contribution >= 0.6 is 10.3 Å². The lowest BCUT2D eigenvalue weighted by molar-refractivity contribution is -0.458. The topological polar surface area (TPSA) is 78.9 Å². The fourth-order valence-electron chi connectivity index (χ4n) is 4.41. The van der Waals surface area contributed by atoms with Crippen LogP contribution in [0.5, 0.6) is 5.75 Å². The van der Waals surface area contributed by atoms with Gasteiger partial charge in [-0.05, 0) is 30.4 Å². The summed E-state index contributed by atoms with van der Waals surface area (Å²) in [4.78, 5) is 11.1. The number of methoxy groups -OCH3 is 1. The van der Waals surface area contributed by atoms with Gasteiger partial charge in [0.25, 0.3) is 0 Å². The quantitative estimate of drug-likeness (QED) is 0.129. The van der Waals surface area contributed by atoms with Crippen LogP contribution in [0.3, 0.4) is 0 Å². The summed E-state index contributed by atoms with van der Waals surface area (Å²) >= 11 is 0. The lowest BCUT2D eigenvalue weighted by Gasteiger charge is -2.43. The summed E-state index contributed by atoms with van der Waals surface area (Å²) in [7, 11) is -10.9. The molecule has 0 bridgehead atoms. The second-order valence-corrected chi connectivity index (χ2v) is 14.9. The van der Waals surface area contributed by atoms with E-state index in [1.54, 1.807) is 0 Å². The number of fused-ring (bicyclic) bond motifs is 1. The predicted molar refractivity (Wildman–Crippen MR) is 132 cm³/mol. The molecule has 1 saturated heterocycles. The molecule has 0 aromatic heterocycles. The lowest BCUT2D eigenvalue weighted by Crippen LogP contribution is -2.75. The predicted octanol–water partition coefficient (Wildman–Crippen LogP) is 9.17. The molecule has 0 radical (unpaired) electrons. The molecule has 0 spiro atoms. The van der Waals surface area contributed by atoms with Crippen molar-refractivity contribution in [3.8, 4) is 5.75 Å². The number of halogens is 17. The molecule has 0 saturated carbocycles. The standard InChI is InChI=1S/C24H17F17O6S2/c1-45-16(42)46-14-8-9-15(13-7-3-2-6-12(13)14)48(10-4-5-11-48)47-49(43,44)24(40,41)22(35,36)20(31,32)18(27,28)17(25,26)19(29,30)21(33,34)23(37,38)39/h2-3,6-9H,4-5,10-11H2,1H3. The number of benzene rings is 2. The van der Waals surface area contributed by atoms with E-state index in [1.165, 1.54) is 18.2 Å². The van der Waals surface area contributed by atoms with E-state index in [4.69, 9.17) is 4.74 Å². The maximum atomic E-state index is 14.9. The summed E-state index contributed by atoms with van der Waals surface area (Å²) in [6.07, 6.45) is -9.57. The number of ether oxygens (including phenoxy) is 2. The summed E-state index contributed by atoms with van der Waals surface area (Å²) in [5, 5.41) is -8.15. The van der Waals surface area contributed by atoms with Gasteiger partial charge < -0.3 is 9.47 Å². The Hall–Kier alpha value is -2.96. The van der Waals surface area contributed by atoms with Crippen LogP contribution in [0.4, 0.5) is 79.4 Å². The fourth-order valence-corrected chi connectivity index (χ4v) is 10.3. The van der Waals surface area contributed by atoms with Gasteiger partial charge in [-0.15, -0.1) is 0 Å².